The molecule has 0 bridgehead atoms. The Morgan fingerprint density at radius 1 is 0.909 bits per heavy atom. The van der Waals surface area contributed by atoms with Crippen molar-refractivity contribution in [1.29, 1.82) is 0 Å². The highest BCUT2D eigenvalue weighted by Crippen LogP contribution is 2.39. The minimum Gasteiger partial charge on any atom is -0.507 e. The zero-order valence-electron chi connectivity index (χ0n) is 12.2. The predicted molar refractivity (Wildman–Crippen MR) is 80.5 cm³/mol. The number of carbonyl (C=O) groups is 2. The normalized spacial score (nSPS) is 10.7. The summed E-state index contributed by atoms with van der Waals surface area (Å²) in [7, 11) is 0. The fourth-order valence-electron chi connectivity index (χ4n) is 2.13. The standard InChI is InChI=1S/C17H16O5/c1-9(2)15(20)13-11(18)8-12(19)14(17(13)22)16(21)10-6-4-3-5-7-10/h3-9,18-19,22H,1-2H3. The van der Waals surface area contributed by atoms with Crippen LogP contribution in [-0.2, 0) is 0 Å². The van der Waals surface area contributed by atoms with Crippen molar-refractivity contribution < 1.29 is 24.9 Å². The molecule has 0 aliphatic heterocycles. The lowest BCUT2D eigenvalue weighted by atomic mass is 9.93. The average Bonchev–Trinajstić information content (AvgIpc) is 2.47. The van der Waals surface area contributed by atoms with Gasteiger partial charge in [-0.2, -0.15) is 0 Å². The van der Waals surface area contributed by atoms with Crippen LogP contribution in [0.25, 0.3) is 0 Å². The van der Waals surface area contributed by atoms with E-state index >= 15 is 0 Å². The second-order valence-corrected chi connectivity index (χ2v) is 5.23. The van der Waals surface area contributed by atoms with E-state index in [4.69, 9.17) is 0 Å². The molecule has 5 nitrogen and oxygen atoms in total. The molecule has 5 heteroatoms. The third kappa shape index (κ3) is 2.65. The van der Waals surface area contributed by atoms with E-state index in [1.807, 2.05) is 0 Å². The second kappa shape index (κ2) is 5.89. The Bertz CT molecular complexity index is 732. The van der Waals surface area contributed by atoms with Crippen molar-refractivity contribution in [2.45, 2.75) is 13.8 Å². The number of hydrogen-bond acceptors (Lipinski definition) is 5. The molecular formula is C17H16O5. The molecule has 0 aliphatic rings. The molecule has 0 fully saturated rings. The molecule has 0 aliphatic carbocycles. The molecule has 0 unspecified atom stereocenters. The lowest BCUT2D eigenvalue weighted by Crippen LogP contribution is -2.11. The molecule has 0 atom stereocenters. The molecule has 0 spiro atoms. The van der Waals surface area contributed by atoms with Crippen molar-refractivity contribution in [2.24, 2.45) is 5.92 Å². The molecular weight excluding hydrogens is 284 g/mol. The van der Waals surface area contributed by atoms with Gasteiger partial charge in [0.05, 0.1) is 0 Å². The highest BCUT2D eigenvalue weighted by atomic mass is 16.3. The van der Waals surface area contributed by atoms with Gasteiger partial charge in [-0.3, -0.25) is 9.59 Å². The van der Waals surface area contributed by atoms with E-state index in [0.717, 1.165) is 6.07 Å². The van der Waals surface area contributed by atoms with Crippen LogP contribution in [0.2, 0.25) is 0 Å². The number of hydrogen-bond donors (Lipinski definition) is 3. The fourth-order valence-corrected chi connectivity index (χ4v) is 2.13. The summed E-state index contributed by atoms with van der Waals surface area (Å²) in [6.07, 6.45) is 0. The molecule has 22 heavy (non-hydrogen) atoms. The van der Waals surface area contributed by atoms with Crippen molar-refractivity contribution in [2.75, 3.05) is 0 Å². The van der Waals surface area contributed by atoms with E-state index in [9.17, 15) is 24.9 Å². The van der Waals surface area contributed by atoms with Crippen molar-refractivity contribution in [3.63, 3.8) is 0 Å². The number of aromatic hydroxyl groups is 3. The molecule has 114 valence electrons. The van der Waals surface area contributed by atoms with Crippen LogP contribution in [0.3, 0.4) is 0 Å². The van der Waals surface area contributed by atoms with Gasteiger partial charge in [-0.25, -0.2) is 0 Å². The van der Waals surface area contributed by atoms with Gasteiger partial charge >= 0.3 is 0 Å². The molecule has 3 N–H and O–H groups in total. The lowest BCUT2D eigenvalue weighted by Gasteiger charge is -2.13. The van der Waals surface area contributed by atoms with Gasteiger partial charge in [0.2, 0.25) is 5.78 Å². The first-order valence-corrected chi connectivity index (χ1v) is 6.76. The van der Waals surface area contributed by atoms with E-state index in [1.54, 1.807) is 32.0 Å². The number of benzene rings is 2. The van der Waals surface area contributed by atoms with Gasteiger partial charge in [-0.1, -0.05) is 44.2 Å². The zero-order chi connectivity index (χ0) is 16.4. The number of phenolic OH excluding ortho intramolecular Hbond substituents is 3. The minimum absolute atomic E-state index is 0.252. The van der Waals surface area contributed by atoms with Crippen molar-refractivity contribution in [3.8, 4) is 17.2 Å². The van der Waals surface area contributed by atoms with Crippen molar-refractivity contribution in [1.82, 2.24) is 0 Å². The van der Waals surface area contributed by atoms with Gasteiger partial charge < -0.3 is 15.3 Å². The Hall–Kier alpha value is -2.82. The summed E-state index contributed by atoms with van der Waals surface area (Å²) >= 11 is 0. The number of Topliss-reactive ketones (excluding diaryl/α,β-unsaturated/α-hetero) is 1. The summed E-state index contributed by atoms with van der Waals surface area (Å²) in [4.78, 5) is 24.5. The van der Waals surface area contributed by atoms with E-state index in [0.29, 0.717) is 0 Å². The molecule has 0 saturated heterocycles. The van der Waals surface area contributed by atoms with E-state index < -0.39 is 40.3 Å². The summed E-state index contributed by atoms with van der Waals surface area (Å²) in [6.45, 7) is 3.21. The monoisotopic (exact) mass is 300 g/mol. The topological polar surface area (TPSA) is 94.8 Å². The zero-order valence-corrected chi connectivity index (χ0v) is 12.2. The van der Waals surface area contributed by atoms with Crippen LogP contribution in [0.15, 0.2) is 36.4 Å². The van der Waals surface area contributed by atoms with Crippen LogP contribution in [0.4, 0.5) is 0 Å². The van der Waals surface area contributed by atoms with Crippen molar-refractivity contribution >= 4 is 11.6 Å². The third-order valence-electron chi connectivity index (χ3n) is 3.29. The first-order valence-electron chi connectivity index (χ1n) is 6.76. The highest BCUT2D eigenvalue weighted by molar-refractivity contribution is 6.15. The van der Waals surface area contributed by atoms with E-state index in [1.165, 1.54) is 12.1 Å². The molecule has 0 saturated carbocycles. The Morgan fingerprint density at radius 3 is 2.00 bits per heavy atom. The van der Waals surface area contributed by atoms with Crippen LogP contribution in [0, 0.1) is 5.92 Å². The smallest absolute Gasteiger partial charge is 0.200 e. The van der Waals surface area contributed by atoms with Crippen molar-refractivity contribution in [3.05, 3.63) is 53.1 Å². The average molecular weight is 300 g/mol. The summed E-state index contributed by atoms with van der Waals surface area (Å²) in [6, 6.07) is 8.95. The van der Waals surface area contributed by atoms with Crippen LogP contribution < -0.4 is 0 Å². The highest BCUT2D eigenvalue weighted by Gasteiger charge is 2.28. The number of carbonyl (C=O) groups excluding carboxylic acids is 2. The summed E-state index contributed by atoms with van der Waals surface area (Å²) < 4.78 is 0. The largest absolute Gasteiger partial charge is 0.507 e. The second-order valence-electron chi connectivity index (χ2n) is 5.23. The van der Waals surface area contributed by atoms with Crippen LogP contribution in [0.5, 0.6) is 17.2 Å². The Kier molecular flexibility index (Phi) is 4.17. The summed E-state index contributed by atoms with van der Waals surface area (Å²) in [5, 5.41) is 30.0. The predicted octanol–water partition coefficient (Wildman–Crippen LogP) is 2.87. The van der Waals surface area contributed by atoms with Gasteiger partial charge in [0.15, 0.2) is 5.78 Å². The fraction of sp³-hybridized carbons (Fsp3) is 0.176. The van der Waals surface area contributed by atoms with Crippen LogP contribution in [0.1, 0.15) is 40.1 Å². The SMILES string of the molecule is CC(C)C(=O)c1c(O)cc(O)c(C(=O)c2ccccc2)c1O. The molecule has 2 aromatic carbocycles. The minimum atomic E-state index is -0.704. The Labute approximate surface area is 127 Å². The Balaban J connectivity index is 2.65. The van der Waals surface area contributed by atoms with Gasteiger partial charge in [0, 0.05) is 17.5 Å². The molecule has 0 aromatic heterocycles. The molecule has 2 aromatic rings. The Morgan fingerprint density at radius 2 is 1.45 bits per heavy atom. The van der Waals surface area contributed by atoms with E-state index in [2.05, 4.69) is 0 Å². The molecule has 0 heterocycles. The molecule has 0 amide bonds. The quantitative estimate of drug-likeness (QED) is 0.755. The maximum atomic E-state index is 12.4. The maximum Gasteiger partial charge on any atom is 0.200 e. The van der Waals surface area contributed by atoms with Gasteiger partial charge in [-0.15, -0.1) is 0 Å². The van der Waals surface area contributed by atoms with Gasteiger partial charge in [0.1, 0.15) is 28.4 Å². The maximum absolute atomic E-state index is 12.4. The van der Waals surface area contributed by atoms with Gasteiger partial charge in [0.25, 0.3) is 0 Å². The number of ketones is 2. The molecule has 0 radical (unpaired) electrons. The van der Waals surface area contributed by atoms with Crippen LogP contribution >= 0.6 is 0 Å². The lowest BCUT2D eigenvalue weighted by molar-refractivity contribution is 0.0933. The summed E-state index contributed by atoms with van der Waals surface area (Å²) in [5.41, 5.74) is -0.498. The molecule has 2 rings (SSSR count). The van der Waals surface area contributed by atoms with E-state index in [-0.39, 0.29) is 11.1 Å². The van der Waals surface area contributed by atoms with Crippen LogP contribution in [-0.4, -0.2) is 26.9 Å². The first-order chi connectivity index (χ1) is 10.3. The number of rotatable bonds is 4. The first kappa shape index (κ1) is 15.6. The van der Waals surface area contributed by atoms with Gasteiger partial charge in [-0.05, 0) is 0 Å². The third-order valence-corrected chi connectivity index (χ3v) is 3.29. The summed E-state index contributed by atoms with van der Waals surface area (Å²) in [5.74, 6) is -3.47. The number of phenols is 3.